The summed E-state index contributed by atoms with van der Waals surface area (Å²) in [5.74, 6) is 1.33. The number of aromatic nitrogens is 2. The molecule has 0 bridgehead atoms. The van der Waals surface area contributed by atoms with Gasteiger partial charge in [-0.25, -0.2) is 0 Å². The predicted molar refractivity (Wildman–Crippen MR) is 76.0 cm³/mol. The second-order valence-corrected chi connectivity index (χ2v) is 5.62. The predicted octanol–water partition coefficient (Wildman–Crippen LogP) is 3.42. The van der Waals surface area contributed by atoms with Crippen LogP contribution in [0.3, 0.4) is 0 Å². The lowest BCUT2D eigenvalue weighted by Crippen LogP contribution is -2.12. The summed E-state index contributed by atoms with van der Waals surface area (Å²) >= 11 is 1.51. The molecule has 0 aliphatic rings. The number of anilines is 1. The highest BCUT2D eigenvalue weighted by Crippen LogP contribution is 2.34. The summed E-state index contributed by atoms with van der Waals surface area (Å²) < 4.78 is 11.0. The maximum atomic E-state index is 5.99. The Morgan fingerprint density at radius 2 is 2.21 bits per heavy atom. The van der Waals surface area contributed by atoms with Crippen LogP contribution in [-0.4, -0.2) is 16.7 Å². The van der Waals surface area contributed by atoms with Gasteiger partial charge in [0.15, 0.2) is 0 Å². The molecule has 0 aliphatic carbocycles. The van der Waals surface area contributed by atoms with E-state index in [0.717, 1.165) is 10.4 Å². The number of hydrogen-bond acceptors (Lipinski definition) is 6. The lowest BCUT2D eigenvalue weighted by Gasteiger charge is -2.16. The Kier molecular flexibility index (Phi) is 4.21. The Morgan fingerprint density at radius 3 is 2.74 bits per heavy atom. The van der Waals surface area contributed by atoms with Crippen LogP contribution in [-0.2, 0) is 4.74 Å². The van der Waals surface area contributed by atoms with Crippen molar-refractivity contribution < 1.29 is 9.26 Å². The summed E-state index contributed by atoms with van der Waals surface area (Å²) in [4.78, 5) is 5.25. The van der Waals surface area contributed by atoms with Crippen molar-refractivity contribution in [1.29, 1.82) is 0 Å². The van der Waals surface area contributed by atoms with Crippen LogP contribution < -0.4 is 5.73 Å². The molecule has 0 saturated carbocycles. The topological polar surface area (TPSA) is 74.2 Å². The first-order valence-electron chi connectivity index (χ1n) is 6.33. The molecule has 2 aromatic heterocycles. The largest absolute Gasteiger partial charge is 0.397 e. The van der Waals surface area contributed by atoms with Gasteiger partial charge >= 0.3 is 0 Å². The molecule has 2 heterocycles. The SMILES string of the molecule is CCOC(c1noc(-c2scc(C)c2N)n1)C(C)C. The van der Waals surface area contributed by atoms with Gasteiger partial charge in [0.05, 0.1) is 5.69 Å². The van der Waals surface area contributed by atoms with Crippen molar-refractivity contribution in [3.8, 4) is 10.8 Å². The zero-order valence-electron chi connectivity index (χ0n) is 11.6. The minimum absolute atomic E-state index is 0.148. The highest BCUT2D eigenvalue weighted by molar-refractivity contribution is 7.14. The monoisotopic (exact) mass is 281 g/mol. The number of nitrogens with zero attached hydrogens (tertiary/aromatic N) is 2. The number of aryl methyl sites for hydroxylation is 1. The zero-order chi connectivity index (χ0) is 14.0. The molecular weight excluding hydrogens is 262 g/mol. The third kappa shape index (κ3) is 2.79. The molecule has 0 aliphatic heterocycles. The van der Waals surface area contributed by atoms with Gasteiger partial charge in [0, 0.05) is 6.61 Å². The first kappa shape index (κ1) is 14.0. The summed E-state index contributed by atoms with van der Waals surface area (Å²) in [6.45, 7) is 8.67. The third-order valence-corrected chi connectivity index (χ3v) is 3.97. The first-order valence-corrected chi connectivity index (χ1v) is 7.21. The summed E-state index contributed by atoms with van der Waals surface area (Å²) in [6.07, 6.45) is -0.148. The van der Waals surface area contributed by atoms with Crippen molar-refractivity contribution in [2.24, 2.45) is 5.92 Å². The first-order chi connectivity index (χ1) is 9.04. The lowest BCUT2D eigenvalue weighted by molar-refractivity contribution is 0.0217. The van der Waals surface area contributed by atoms with Gasteiger partial charge in [-0.2, -0.15) is 4.98 Å². The normalized spacial score (nSPS) is 13.1. The molecule has 5 nitrogen and oxygen atoms in total. The van der Waals surface area contributed by atoms with E-state index in [9.17, 15) is 0 Å². The lowest BCUT2D eigenvalue weighted by atomic mass is 10.1. The Hall–Kier alpha value is -1.40. The second-order valence-electron chi connectivity index (χ2n) is 4.74. The van der Waals surface area contributed by atoms with Crippen molar-refractivity contribution in [2.75, 3.05) is 12.3 Å². The molecule has 0 aromatic carbocycles. The number of hydrogen-bond donors (Lipinski definition) is 1. The van der Waals surface area contributed by atoms with E-state index in [1.807, 2.05) is 19.2 Å². The molecule has 0 amide bonds. The molecule has 0 saturated heterocycles. The summed E-state index contributed by atoms with van der Waals surface area (Å²) in [6, 6.07) is 0. The molecule has 6 heteroatoms. The van der Waals surface area contributed by atoms with Crippen molar-refractivity contribution in [3.63, 3.8) is 0 Å². The number of rotatable bonds is 5. The average molecular weight is 281 g/mol. The van der Waals surface area contributed by atoms with Crippen LogP contribution in [0.5, 0.6) is 0 Å². The Labute approximate surface area is 116 Å². The fraction of sp³-hybridized carbons (Fsp3) is 0.538. The van der Waals surface area contributed by atoms with Crippen LogP contribution in [0.4, 0.5) is 5.69 Å². The van der Waals surface area contributed by atoms with Crippen LogP contribution >= 0.6 is 11.3 Å². The molecule has 0 fully saturated rings. The van der Waals surface area contributed by atoms with Crippen LogP contribution in [0.15, 0.2) is 9.90 Å². The molecule has 0 radical (unpaired) electrons. The van der Waals surface area contributed by atoms with E-state index in [2.05, 4.69) is 24.0 Å². The summed E-state index contributed by atoms with van der Waals surface area (Å²) in [7, 11) is 0. The number of thiophene rings is 1. The molecule has 19 heavy (non-hydrogen) atoms. The standard InChI is InChI=1S/C13H19N3O2S/c1-5-17-10(7(2)3)12-15-13(18-16-12)11-9(14)8(4)6-19-11/h6-7,10H,5,14H2,1-4H3. The Balaban J connectivity index is 2.30. The maximum absolute atomic E-state index is 5.99. The molecule has 2 N–H and O–H groups in total. The highest BCUT2D eigenvalue weighted by Gasteiger charge is 2.23. The van der Waals surface area contributed by atoms with Crippen molar-refractivity contribution in [2.45, 2.75) is 33.8 Å². The van der Waals surface area contributed by atoms with Gasteiger partial charge in [-0.05, 0) is 30.7 Å². The second kappa shape index (κ2) is 5.71. The minimum Gasteiger partial charge on any atom is -0.397 e. The van der Waals surface area contributed by atoms with Gasteiger partial charge < -0.3 is 15.0 Å². The van der Waals surface area contributed by atoms with Crippen molar-refractivity contribution in [3.05, 3.63) is 16.8 Å². The number of nitrogen functional groups attached to an aromatic ring is 1. The molecule has 1 unspecified atom stereocenters. The molecule has 0 spiro atoms. The Morgan fingerprint density at radius 1 is 1.47 bits per heavy atom. The van der Waals surface area contributed by atoms with Gasteiger partial charge in [0.2, 0.25) is 5.82 Å². The molecule has 104 valence electrons. The van der Waals surface area contributed by atoms with Crippen LogP contribution in [0.2, 0.25) is 0 Å². The molecule has 2 rings (SSSR count). The zero-order valence-corrected chi connectivity index (χ0v) is 12.5. The smallest absolute Gasteiger partial charge is 0.270 e. The highest BCUT2D eigenvalue weighted by atomic mass is 32.1. The van der Waals surface area contributed by atoms with E-state index in [1.165, 1.54) is 11.3 Å². The number of nitrogens with two attached hydrogens (primary N) is 1. The van der Waals surface area contributed by atoms with Crippen molar-refractivity contribution in [1.82, 2.24) is 10.1 Å². The minimum atomic E-state index is -0.148. The summed E-state index contributed by atoms with van der Waals surface area (Å²) in [5, 5.41) is 6.01. The van der Waals surface area contributed by atoms with E-state index in [1.54, 1.807) is 0 Å². The average Bonchev–Trinajstić information content (AvgIpc) is 2.95. The summed E-state index contributed by atoms with van der Waals surface area (Å²) in [5.41, 5.74) is 7.73. The molecular formula is C13H19N3O2S. The van der Waals surface area contributed by atoms with E-state index >= 15 is 0 Å². The molecule has 1 atom stereocenters. The van der Waals surface area contributed by atoms with Gasteiger partial charge in [-0.1, -0.05) is 19.0 Å². The fourth-order valence-electron chi connectivity index (χ4n) is 1.81. The third-order valence-electron chi connectivity index (χ3n) is 2.87. The van der Waals surface area contributed by atoms with Gasteiger partial charge in [-0.3, -0.25) is 0 Å². The number of ether oxygens (including phenoxy) is 1. The fourth-order valence-corrected chi connectivity index (χ4v) is 2.70. The van der Waals surface area contributed by atoms with E-state index in [-0.39, 0.29) is 12.0 Å². The van der Waals surface area contributed by atoms with E-state index in [4.69, 9.17) is 15.0 Å². The Bertz CT molecular complexity index is 548. The van der Waals surface area contributed by atoms with E-state index in [0.29, 0.717) is 24.0 Å². The van der Waals surface area contributed by atoms with Crippen LogP contribution in [0.1, 0.15) is 38.3 Å². The quantitative estimate of drug-likeness (QED) is 0.909. The van der Waals surface area contributed by atoms with E-state index < -0.39 is 0 Å². The van der Waals surface area contributed by atoms with Gasteiger partial charge in [0.1, 0.15) is 11.0 Å². The van der Waals surface area contributed by atoms with Gasteiger partial charge in [-0.15, -0.1) is 11.3 Å². The maximum Gasteiger partial charge on any atom is 0.270 e. The van der Waals surface area contributed by atoms with Crippen molar-refractivity contribution >= 4 is 17.0 Å². The van der Waals surface area contributed by atoms with Crippen LogP contribution in [0.25, 0.3) is 10.8 Å². The van der Waals surface area contributed by atoms with Crippen LogP contribution in [0, 0.1) is 12.8 Å². The van der Waals surface area contributed by atoms with Gasteiger partial charge in [0.25, 0.3) is 5.89 Å². The molecule has 2 aromatic rings.